The monoisotopic (exact) mass is 572 g/mol. The van der Waals surface area contributed by atoms with Gasteiger partial charge in [-0.1, -0.05) is 6.92 Å². The number of anilines is 1. The largest absolute Gasteiger partial charge is 0.493 e. The lowest BCUT2D eigenvalue weighted by Gasteiger charge is -2.32. The summed E-state index contributed by atoms with van der Waals surface area (Å²) < 4.78 is 21.1. The van der Waals surface area contributed by atoms with Gasteiger partial charge in [-0.3, -0.25) is 9.59 Å². The van der Waals surface area contributed by atoms with Crippen molar-refractivity contribution >= 4 is 23.5 Å². The molecule has 1 aromatic rings. The molecule has 0 spiro atoms. The average Bonchev–Trinajstić information content (AvgIpc) is 3.21. The van der Waals surface area contributed by atoms with Crippen molar-refractivity contribution in [2.75, 3.05) is 66.5 Å². The van der Waals surface area contributed by atoms with Crippen LogP contribution in [0.15, 0.2) is 34.7 Å². The second kappa shape index (κ2) is 14.8. The molecule has 1 fully saturated rings. The van der Waals surface area contributed by atoms with E-state index in [4.69, 9.17) is 18.9 Å². The maximum absolute atomic E-state index is 13.7. The standard InChI is InChI=1S/C30H44N4O7/c1-8-22-26(19(2)31-20(3)27(22)30(37)41-7)29(36)34-14-10-13-33(15-16-34)12-9-11-25(35)32-21-17-23(38-4)28(40-6)24(18-21)39-5/h17-18,22,31H,8-16H2,1-7H3,(H,32,35). The SMILES string of the molecule is CCC1C(C(=O)OC)=C(C)NC(C)=C1C(=O)N1CCCN(CCCC(=O)Nc2cc(OC)c(OC)c(OC)c2)CC1. The second-order valence-corrected chi connectivity index (χ2v) is 10.2. The zero-order chi connectivity index (χ0) is 30.1. The van der Waals surface area contributed by atoms with Crippen LogP contribution in [-0.4, -0.2) is 88.7 Å². The van der Waals surface area contributed by atoms with Crippen molar-refractivity contribution in [1.29, 1.82) is 0 Å². The number of nitrogens with zero attached hydrogens (tertiary/aromatic N) is 2. The highest BCUT2D eigenvalue weighted by Gasteiger charge is 2.36. The molecule has 11 heteroatoms. The highest BCUT2D eigenvalue weighted by molar-refractivity contribution is 6.00. The van der Waals surface area contributed by atoms with Crippen LogP contribution in [0.2, 0.25) is 0 Å². The molecule has 0 aromatic heterocycles. The van der Waals surface area contributed by atoms with E-state index in [2.05, 4.69) is 15.5 Å². The van der Waals surface area contributed by atoms with Crippen LogP contribution in [0.5, 0.6) is 17.2 Å². The minimum Gasteiger partial charge on any atom is -0.493 e. The molecule has 0 saturated carbocycles. The first-order valence-electron chi connectivity index (χ1n) is 14.1. The van der Waals surface area contributed by atoms with E-state index >= 15 is 0 Å². The Bertz CT molecular complexity index is 1170. The van der Waals surface area contributed by atoms with Gasteiger partial charge in [-0.15, -0.1) is 0 Å². The summed E-state index contributed by atoms with van der Waals surface area (Å²) in [6, 6.07) is 3.40. The summed E-state index contributed by atoms with van der Waals surface area (Å²) in [4.78, 5) is 43.1. The number of methoxy groups -OCH3 is 4. The van der Waals surface area contributed by atoms with Gasteiger partial charge in [-0.25, -0.2) is 4.79 Å². The van der Waals surface area contributed by atoms with E-state index < -0.39 is 5.97 Å². The Morgan fingerprint density at radius 2 is 1.59 bits per heavy atom. The van der Waals surface area contributed by atoms with Gasteiger partial charge in [-0.2, -0.15) is 0 Å². The summed E-state index contributed by atoms with van der Waals surface area (Å²) in [6.07, 6.45) is 2.50. The maximum Gasteiger partial charge on any atom is 0.336 e. The topological polar surface area (TPSA) is 119 Å². The Kier molecular flexibility index (Phi) is 11.5. The molecule has 2 amide bonds. The molecule has 11 nitrogen and oxygen atoms in total. The molecule has 2 aliphatic rings. The fraction of sp³-hybridized carbons (Fsp3) is 0.567. The first kappa shape index (κ1) is 31.8. The summed E-state index contributed by atoms with van der Waals surface area (Å²) in [5, 5.41) is 6.13. The van der Waals surface area contributed by atoms with Gasteiger partial charge in [0.05, 0.1) is 34.0 Å². The third-order valence-corrected chi connectivity index (χ3v) is 7.63. The number of nitrogens with one attached hydrogen (secondary N) is 2. The number of carbonyl (C=O) groups excluding carboxylic acids is 3. The molecule has 1 saturated heterocycles. The normalized spacial score (nSPS) is 17.9. The van der Waals surface area contributed by atoms with E-state index in [0.29, 0.717) is 66.4 Å². The molecular formula is C30H44N4O7. The van der Waals surface area contributed by atoms with Gasteiger partial charge < -0.3 is 39.4 Å². The first-order chi connectivity index (χ1) is 19.7. The van der Waals surface area contributed by atoms with Crippen LogP contribution in [0.1, 0.15) is 46.5 Å². The molecule has 2 N–H and O–H groups in total. The number of allylic oxidation sites excluding steroid dienone is 2. The van der Waals surface area contributed by atoms with Crippen molar-refractivity contribution in [2.24, 2.45) is 5.92 Å². The summed E-state index contributed by atoms with van der Waals surface area (Å²) in [6.45, 7) is 9.25. The van der Waals surface area contributed by atoms with Crippen molar-refractivity contribution in [3.63, 3.8) is 0 Å². The second-order valence-electron chi connectivity index (χ2n) is 10.2. The Hall–Kier alpha value is -3.73. The Morgan fingerprint density at radius 1 is 0.927 bits per heavy atom. The minimum absolute atomic E-state index is 0.0395. The number of hydrogen-bond donors (Lipinski definition) is 2. The highest BCUT2D eigenvalue weighted by atomic mass is 16.5. The maximum atomic E-state index is 13.7. The lowest BCUT2D eigenvalue weighted by atomic mass is 9.83. The zero-order valence-electron chi connectivity index (χ0n) is 25.3. The Balaban J connectivity index is 1.55. The summed E-state index contributed by atoms with van der Waals surface area (Å²) in [5.41, 5.74) is 3.24. The van der Waals surface area contributed by atoms with Crippen LogP contribution < -0.4 is 24.8 Å². The number of amides is 2. The van der Waals surface area contributed by atoms with Gasteiger partial charge in [0.25, 0.3) is 5.91 Å². The van der Waals surface area contributed by atoms with E-state index in [9.17, 15) is 14.4 Å². The van der Waals surface area contributed by atoms with Gasteiger partial charge in [0, 0.05) is 66.8 Å². The number of hydrogen-bond acceptors (Lipinski definition) is 9. The van der Waals surface area contributed by atoms with Crippen molar-refractivity contribution in [3.8, 4) is 17.2 Å². The molecule has 0 radical (unpaired) electrons. The molecule has 1 atom stereocenters. The molecule has 0 aliphatic carbocycles. The van der Waals surface area contributed by atoms with Crippen LogP contribution >= 0.6 is 0 Å². The number of ether oxygens (including phenoxy) is 4. The van der Waals surface area contributed by atoms with Crippen molar-refractivity contribution in [3.05, 3.63) is 34.7 Å². The third kappa shape index (κ3) is 7.52. The van der Waals surface area contributed by atoms with Crippen LogP contribution in [0.25, 0.3) is 0 Å². The summed E-state index contributed by atoms with van der Waals surface area (Å²) in [5.74, 6) is 0.553. The predicted molar refractivity (Wildman–Crippen MR) is 156 cm³/mol. The molecule has 3 rings (SSSR count). The van der Waals surface area contributed by atoms with E-state index in [1.165, 1.54) is 28.4 Å². The van der Waals surface area contributed by atoms with E-state index in [1.807, 2.05) is 25.7 Å². The lowest BCUT2D eigenvalue weighted by Crippen LogP contribution is -2.41. The molecule has 2 heterocycles. The van der Waals surface area contributed by atoms with Gasteiger partial charge in [0.2, 0.25) is 11.7 Å². The predicted octanol–water partition coefficient (Wildman–Crippen LogP) is 3.32. The number of benzene rings is 1. The van der Waals surface area contributed by atoms with Crippen LogP contribution in [-0.2, 0) is 19.1 Å². The molecule has 226 valence electrons. The number of carbonyl (C=O) groups is 3. The molecule has 0 bridgehead atoms. The smallest absolute Gasteiger partial charge is 0.336 e. The highest BCUT2D eigenvalue weighted by Crippen LogP contribution is 2.40. The quantitative estimate of drug-likeness (QED) is 0.385. The average molecular weight is 573 g/mol. The summed E-state index contributed by atoms with van der Waals surface area (Å²) in [7, 11) is 5.96. The van der Waals surface area contributed by atoms with Crippen LogP contribution in [0, 0.1) is 5.92 Å². The summed E-state index contributed by atoms with van der Waals surface area (Å²) >= 11 is 0. The van der Waals surface area contributed by atoms with Gasteiger partial charge in [-0.05, 0) is 46.2 Å². The van der Waals surface area contributed by atoms with Crippen molar-refractivity contribution in [2.45, 2.75) is 46.5 Å². The fourth-order valence-corrected chi connectivity index (χ4v) is 5.61. The first-order valence-corrected chi connectivity index (χ1v) is 14.1. The number of dihydropyridines is 1. The molecule has 2 aliphatic heterocycles. The van der Waals surface area contributed by atoms with Crippen LogP contribution in [0.3, 0.4) is 0 Å². The Labute approximate surface area is 242 Å². The van der Waals surface area contributed by atoms with E-state index in [1.54, 1.807) is 12.1 Å². The van der Waals surface area contributed by atoms with Gasteiger partial charge in [0.15, 0.2) is 11.5 Å². The fourth-order valence-electron chi connectivity index (χ4n) is 5.61. The van der Waals surface area contributed by atoms with Crippen molar-refractivity contribution < 1.29 is 33.3 Å². The Morgan fingerprint density at radius 3 is 2.17 bits per heavy atom. The van der Waals surface area contributed by atoms with Gasteiger partial charge >= 0.3 is 5.97 Å². The molecule has 1 unspecified atom stereocenters. The van der Waals surface area contributed by atoms with E-state index in [-0.39, 0.29) is 17.7 Å². The van der Waals surface area contributed by atoms with Crippen molar-refractivity contribution in [1.82, 2.24) is 15.1 Å². The van der Waals surface area contributed by atoms with Crippen LogP contribution in [0.4, 0.5) is 5.69 Å². The van der Waals surface area contributed by atoms with Gasteiger partial charge in [0.1, 0.15) is 0 Å². The molecule has 1 aromatic carbocycles. The molecular weight excluding hydrogens is 528 g/mol. The number of esters is 1. The third-order valence-electron chi connectivity index (χ3n) is 7.63. The lowest BCUT2D eigenvalue weighted by molar-refractivity contribution is -0.136. The minimum atomic E-state index is -0.406. The zero-order valence-corrected chi connectivity index (χ0v) is 25.3. The van der Waals surface area contributed by atoms with E-state index in [0.717, 1.165) is 37.4 Å². The number of rotatable bonds is 11. The molecule has 41 heavy (non-hydrogen) atoms.